The number of piperidine rings is 1. The van der Waals surface area contributed by atoms with Crippen LogP contribution in [0, 0.1) is 5.92 Å². The third-order valence-electron chi connectivity index (χ3n) is 6.06. The molecule has 2 fully saturated rings. The van der Waals surface area contributed by atoms with Gasteiger partial charge in [-0.15, -0.1) is 0 Å². The second kappa shape index (κ2) is 8.37. The molecule has 8 nitrogen and oxygen atoms in total. The van der Waals surface area contributed by atoms with Gasteiger partial charge in [0.2, 0.25) is 5.91 Å². The van der Waals surface area contributed by atoms with Crippen LogP contribution in [-0.4, -0.2) is 57.8 Å². The van der Waals surface area contributed by atoms with Crippen LogP contribution in [0.25, 0.3) is 17.0 Å². The molecule has 1 aromatic carbocycles. The van der Waals surface area contributed by atoms with Crippen LogP contribution in [0.3, 0.4) is 0 Å². The number of hydrogen-bond donors (Lipinski definition) is 1. The highest BCUT2D eigenvalue weighted by molar-refractivity contribution is 6.31. The number of urea groups is 1. The van der Waals surface area contributed by atoms with Crippen molar-refractivity contribution in [2.24, 2.45) is 5.92 Å². The number of carbonyl (C=O) groups is 4. The van der Waals surface area contributed by atoms with Gasteiger partial charge in [-0.1, -0.05) is 25.1 Å². The fourth-order valence-corrected chi connectivity index (χ4v) is 4.16. The van der Waals surface area contributed by atoms with E-state index < -0.39 is 17.8 Å². The third-order valence-corrected chi connectivity index (χ3v) is 6.06. The minimum Gasteiger partial charge on any atom is -0.341 e. The fourth-order valence-electron chi connectivity index (χ4n) is 4.16. The van der Waals surface area contributed by atoms with Crippen molar-refractivity contribution in [2.45, 2.75) is 33.2 Å². The number of likely N-dealkylation sites (tertiary alicyclic amines) is 1. The molecule has 0 spiro atoms. The standard InChI is InChI=1S/C23H26N4O4/c1-3-27-22(30)18(21(29)24-23(27)31)12-16-13-26(19-7-5-4-6-17(16)19)14-20(28)25-10-8-15(2)9-11-25/h4-7,12-13,15H,3,8-11,14H2,1-2H3,(H,24,29,31)/b18-12-. The molecule has 0 radical (unpaired) electrons. The monoisotopic (exact) mass is 422 g/mol. The second-order valence-corrected chi connectivity index (χ2v) is 8.16. The Balaban J connectivity index is 1.66. The number of rotatable bonds is 4. The van der Waals surface area contributed by atoms with E-state index in [4.69, 9.17) is 0 Å². The average Bonchev–Trinajstić information content (AvgIpc) is 3.09. The van der Waals surface area contributed by atoms with Crippen LogP contribution >= 0.6 is 0 Å². The van der Waals surface area contributed by atoms with E-state index >= 15 is 0 Å². The lowest BCUT2D eigenvalue weighted by molar-refractivity contribution is -0.133. The Kier molecular flexibility index (Phi) is 5.63. The summed E-state index contributed by atoms with van der Waals surface area (Å²) in [6.07, 6.45) is 5.31. The molecule has 0 bridgehead atoms. The molecule has 3 heterocycles. The summed E-state index contributed by atoms with van der Waals surface area (Å²) in [4.78, 5) is 52.6. The van der Waals surface area contributed by atoms with E-state index in [-0.39, 0.29) is 24.6 Å². The van der Waals surface area contributed by atoms with Crippen LogP contribution in [0.1, 0.15) is 32.3 Å². The van der Waals surface area contributed by atoms with E-state index in [0.29, 0.717) is 11.5 Å². The zero-order chi connectivity index (χ0) is 22.1. The Labute approximate surface area is 180 Å². The maximum atomic E-state index is 12.9. The highest BCUT2D eigenvalue weighted by Crippen LogP contribution is 2.25. The highest BCUT2D eigenvalue weighted by atomic mass is 16.2. The number of amides is 5. The molecule has 2 aliphatic rings. The van der Waals surface area contributed by atoms with E-state index in [1.165, 1.54) is 6.08 Å². The molecule has 162 valence electrons. The van der Waals surface area contributed by atoms with Crippen LogP contribution in [-0.2, 0) is 20.9 Å². The van der Waals surface area contributed by atoms with Gasteiger partial charge in [-0.25, -0.2) is 4.79 Å². The van der Waals surface area contributed by atoms with Crippen LogP contribution in [0.4, 0.5) is 4.79 Å². The van der Waals surface area contributed by atoms with Gasteiger partial charge < -0.3 is 9.47 Å². The van der Waals surface area contributed by atoms with Crippen molar-refractivity contribution in [3.05, 3.63) is 41.6 Å². The summed E-state index contributed by atoms with van der Waals surface area (Å²) in [5, 5.41) is 3.04. The lowest BCUT2D eigenvalue weighted by Gasteiger charge is -2.30. The van der Waals surface area contributed by atoms with Crippen molar-refractivity contribution in [2.75, 3.05) is 19.6 Å². The number of aromatic nitrogens is 1. The van der Waals surface area contributed by atoms with Crippen LogP contribution in [0.5, 0.6) is 0 Å². The molecule has 1 N–H and O–H groups in total. The molecule has 4 rings (SSSR count). The first-order valence-corrected chi connectivity index (χ1v) is 10.6. The van der Waals surface area contributed by atoms with Crippen molar-refractivity contribution in [3.63, 3.8) is 0 Å². The quantitative estimate of drug-likeness (QED) is 0.605. The largest absolute Gasteiger partial charge is 0.341 e. The molecule has 0 unspecified atom stereocenters. The van der Waals surface area contributed by atoms with Crippen LogP contribution < -0.4 is 5.32 Å². The Morgan fingerprint density at radius 3 is 2.58 bits per heavy atom. The van der Waals surface area contributed by atoms with Gasteiger partial charge in [0.15, 0.2) is 0 Å². The zero-order valence-electron chi connectivity index (χ0n) is 17.8. The number of nitrogens with one attached hydrogen (secondary N) is 1. The van der Waals surface area contributed by atoms with Gasteiger partial charge in [0, 0.05) is 42.3 Å². The van der Waals surface area contributed by atoms with E-state index in [0.717, 1.165) is 41.7 Å². The molecule has 5 amide bonds. The van der Waals surface area contributed by atoms with E-state index in [1.54, 1.807) is 13.1 Å². The number of benzene rings is 1. The molecule has 0 saturated carbocycles. The number of imide groups is 2. The third kappa shape index (κ3) is 3.97. The first kappa shape index (κ1) is 20.8. The van der Waals surface area contributed by atoms with Gasteiger partial charge in [0.25, 0.3) is 11.8 Å². The molecule has 2 saturated heterocycles. The van der Waals surface area contributed by atoms with Crippen molar-refractivity contribution in [3.8, 4) is 0 Å². The summed E-state index contributed by atoms with van der Waals surface area (Å²) < 4.78 is 1.86. The molecular formula is C23H26N4O4. The van der Waals surface area contributed by atoms with Crippen LogP contribution in [0.2, 0.25) is 0 Å². The number of carbonyl (C=O) groups excluding carboxylic acids is 4. The molecule has 1 aromatic heterocycles. The first-order chi connectivity index (χ1) is 14.9. The predicted octanol–water partition coefficient (Wildman–Crippen LogP) is 2.38. The molecule has 8 heteroatoms. The maximum Gasteiger partial charge on any atom is 0.331 e. The lowest BCUT2D eigenvalue weighted by Crippen LogP contribution is -2.53. The number of hydrogen-bond acceptors (Lipinski definition) is 4. The highest BCUT2D eigenvalue weighted by Gasteiger charge is 2.34. The summed E-state index contributed by atoms with van der Waals surface area (Å²) in [6.45, 7) is 5.77. The Morgan fingerprint density at radius 2 is 1.87 bits per heavy atom. The minimum absolute atomic E-state index is 0.0566. The lowest BCUT2D eigenvalue weighted by atomic mass is 9.99. The van der Waals surface area contributed by atoms with E-state index in [9.17, 15) is 19.2 Å². The van der Waals surface area contributed by atoms with Gasteiger partial charge >= 0.3 is 6.03 Å². The molecule has 0 aliphatic carbocycles. The normalized spacial score (nSPS) is 19.4. The summed E-state index contributed by atoms with van der Waals surface area (Å²) in [7, 11) is 0. The zero-order valence-corrected chi connectivity index (χ0v) is 17.8. The summed E-state index contributed by atoms with van der Waals surface area (Å²) >= 11 is 0. The molecule has 31 heavy (non-hydrogen) atoms. The summed E-state index contributed by atoms with van der Waals surface area (Å²) in [5.74, 6) is -0.633. The minimum atomic E-state index is -0.713. The van der Waals surface area contributed by atoms with Crippen molar-refractivity contribution >= 4 is 40.7 Å². The fraction of sp³-hybridized carbons (Fsp3) is 0.391. The van der Waals surface area contributed by atoms with E-state index in [1.807, 2.05) is 33.7 Å². The number of para-hydroxylation sites is 1. The SMILES string of the molecule is CCN1C(=O)NC(=O)/C(=C/c2cn(CC(=O)N3CCC(C)CC3)c3ccccc23)C1=O. The summed E-state index contributed by atoms with van der Waals surface area (Å²) in [6, 6.07) is 6.84. The predicted molar refractivity (Wildman–Crippen MR) is 116 cm³/mol. The molecule has 2 aliphatic heterocycles. The Morgan fingerprint density at radius 1 is 1.16 bits per heavy atom. The first-order valence-electron chi connectivity index (χ1n) is 10.6. The topological polar surface area (TPSA) is 91.7 Å². The van der Waals surface area contributed by atoms with E-state index in [2.05, 4.69) is 12.2 Å². The smallest absolute Gasteiger partial charge is 0.331 e. The van der Waals surface area contributed by atoms with Crippen molar-refractivity contribution in [1.82, 2.24) is 19.7 Å². The van der Waals surface area contributed by atoms with Crippen molar-refractivity contribution < 1.29 is 19.2 Å². The maximum absolute atomic E-state index is 12.9. The van der Waals surface area contributed by atoms with Gasteiger partial charge in [0.05, 0.1) is 0 Å². The van der Waals surface area contributed by atoms with Gasteiger partial charge in [-0.2, -0.15) is 0 Å². The number of fused-ring (bicyclic) bond motifs is 1. The van der Waals surface area contributed by atoms with Crippen LogP contribution in [0.15, 0.2) is 36.0 Å². The Bertz CT molecular complexity index is 1090. The van der Waals surface area contributed by atoms with Crippen molar-refractivity contribution in [1.29, 1.82) is 0 Å². The summed E-state index contributed by atoms with van der Waals surface area (Å²) in [5.41, 5.74) is 1.40. The second-order valence-electron chi connectivity index (χ2n) is 8.16. The molecule has 0 atom stereocenters. The van der Waals surface area contributed by atoms with Gasteiger partial charge in [-0.05, 0) is 37.8 Å². The number of likely N-dealkylation sites (N-methyl/N-ethyl adjacent to an activating group) is 1. The number of barbiturate groups is 1. The van der Waals surface area contributed by atoms with Gasteiger partial charge in [0.1, 0.15) is 12.1 Å². The Hall–Kier alpha value is -3.42. The molecular weight excluding hydrogens is 396 g/mol. The average molecular weight is 422 g/mol. The molecule has 2 aromatic rings. The van der Waals surface area contributed by atoms with Gasteiger partial charge in [-0.3, -0.25) is 24.6 Å². The number of nitrogens with zero attached hydrogens (tertiary/aromatic N) is 3.